The van der Waals surface area contributed by atoms with Crippen molar-refractivity contribution in [3.63, 3.8) is 0 Å². The number of rotatable bonds is 8. The maximum atomic E-state index is 13.3. The number of halogens is 1. The van der Waals surface area contributed by atoms with Crippen LogP contribution in [0.1, 0.15) is 48.4 Å². The Morgan fingerprint density at radius 2 is 1.79 bits per heavy atom. The number of cyclic esters (lactones) is 1. The van der Waals surface area contributed by atoms with Crippen LogP contribution >= 0.6 is 15.9 Å². The Bertz CT molecular complexity index is 1100. The highest BCUT2D eigenvalue weighted by molar-refractivity contribution is 9.10. The van der Waals surface area contributed by atoms with Crippen LogP contribution in [0.2, 0.25) is 0 Å². The fraction of sp³-hybridized carbons (Fsp3) is 0.259. The van der Waals surface area contributed by atoms with Gasteiger partial charge < -0.3 is 9.47 Å². The van der Waals surface area contributed by atoms with E-state index in [2.05, 4.69) is 15.9 Å². The lowest BCUT2D eigenvalue weighted by molar-refractivity contribution is -0.129. The molecule has 6 heteroatoms. The quantitative estimate of drug-likeness (QED) is 0.343. The average molecular weight is 508 g/mol. The van der Waals surface area contributed by atoms with Crippen LogP contribution in [0.15, 0.2) is 83.3 Å². The molecule has 5 nitrogen and oxygen atoms in total. The molecule has 1 aliphatic heterocycles. The van der Waals surface area contributed by atoms with Gasteiger partial charge in [0, 0.05) is 10.9 Å². The van der Waals surface area contributed by atoms with E-state index >= 15 is 0 Å². The van der Waals surface area contributed by atoms with Crippen molar-refractivity contribution in [1.29, 1.82) is 0 Å². The van der Waals surface area contributed by atoms with E-state index in [1.54, 1.807) is 0 Å². The maximum Gasteiger partial charge on any atom is 0.417 e. The Labute approximate surface area is 202 Å². The molecule has 1 aliphatic rings. The predicted octanol–water partition coefficient (Wildman–Crippen LogP) is 6.63. The Balaban J connectivity index is 1.54. The Hall–Kier alpha value is -3.12. The van der Waals surface area contributed by atoms with Gasteiger partial charge in [0.1, 0.15) is 25.0 Å². The number of carbonyl (C=O) groups is 2. The molecule has 1 heterocycles. The van der Waals surface area contributed by atoms with Crippen molar-refractivity contribution in [1.82, 2.24) is 4.90 Å². The fourth-order valence-corrected chi connectivity index (χ4v) is 4.48. The van der Waals surface area contributed by atoms with Gasteiger partial charge in [-0.05, 0) is 47.2 Å². The summed E-state index contributed by atoms with van der Waals surface area (Å²) < 4.78 is 12.3. The van der Waals surface area contributed by atoms with E-state index < -0.39 is 12.1 Å². The molecular formula is C27H26BrNO4. The monoisotopic (exact) mass is 507 g/mol. The lowest BCUT2D eigenvalue weighted by Crippen LogP contribution is -2.35. The Kier molecular flexibility index (Phi) is 7.45. The SMILES string of the molecule is CC[C@H](CC(=O)N1C(=O)OC[C@H]1c1ccccc1)c1cc(Br)ccc1OCc1ccccc1. The maximum absolute atomic E-state index is 13.3. The third-order valence-electron chi connectivity index (χ3n) is 5.89. The summed E-state index contributed by atoms with van der Waals surface area (Å²) in [5.41, 5.74) is 2.90. The number of imide groups is 1. The van der Waals surface area contributed by atoms with Crippen molar-refractivity contribution in [3.8, 4) is 5.75 Å². The van der Waals surface area contributed by atoms with Crippen LogP contribution in [-0.2, 0) is 16.1 Å². The highest BCUT2D eigenvalue weighted by atomic mass is 79.9. The molecule has 0 N–H and O–H groups in total. The largest absolute Gasteiger partial charge is 0.489 e. The molecule has 0 saturated carbocycles. The number of amides is 2. The molecule has 2 amide bonds. The minimum absolute atomic E-state index is 0.106. The van der Waals surface area contributed by atoms with Gasteiger partial charge in [0.05, 0.1) is 0 Å². The van der Waals surface area contributed by atoms with Gasteiger partial charge in [-0.1, -0.05) is 83.5 Å². The van der Waals surface area contributed by atoms with Gasteiger partial charge in [-0.2, -0.15) is 0 Å². The average Bonchev–Trinajstić information content (AvgIpc) is 3.24. The fourth-order valence-electron chi connectivity index (χ4n) is 4.11. The Morgan fingerprint density at radius 1 is 1.09 bits per heavy atom. The number of nitrogens with zero attached hydrogens (tertiary/aromatic N) is 1. The van der Waals surface area contributed by atoms with Crippen LogP contribution in [0.3, 0.4) is 0 Å². The summed E-state index contributed by atoms with van der Waals surface area (Å²) in [5, 5.41) is 0. The van der Waals surface area contributed by atoms with E-state index in [0.29, 0.717) is 6.61 Å². The van der Waals surface area contributed by atoms with Gasteiger partial charge in [-0.3, -0.25) is 4.79 Å². The van der Waals surface area contributed by atoms with Gasteiger partial charge in [-0.25, -0.2) is 9.69 Å². The standard InChI is InChI=1S/C27H26BrNO4/c1-2-20(15-26(30)29-24(18-33-27(29)31)21-11-7-4-8-12-21)23-16-22(28)13-14-25(23)32-17-19-9-5-3-6-10-19/h3-14,16,20,24H,2,15,17-18H2,1H3/t20-,24+/m1/s1. The van der Waals surface area contributed by atoms with E-state index in [9.17, 15) is 9.59 Å². The van der Waals surface area contributed by atoms with E-state index in [0.717, 1.165) is 33.3 Å². The van der Waals surface area contributed by atoms with Crippen LogP contribution in [0, 0.1) is 0 Å². The van der Waals surface area contributed by atoms with Gasteiger partial charge in [0.2, 0.25) is 5.91 Å². The van der Waals surface area contributed by atoms with E-state index in [1.807, 2.05) is 85.8 Å². The zero-order chi connectivity index (χ0) is 23.2. The molecule has 0 radical (unpaired) electrons. The van der Waals surface area contributed by atoms with Gasteiger partial charge in [-0.15, -0.1) is 0 Å². The molecule has 4 rings (SSSR count). The van der Waals surface area contributed by atoms with Gasteiger partial charge in [0.25, 0.3) is 0 Å². The summed E-state index contributed by atoms with van der Waals surface area (Å²) in [6.07, 6.45) is 0.328. The van der Waals surface area contributed by atoms with Crippen molar-refractivity contribution < 1.29 is 19.1 Å². The molecule has 3 aromatic carbocycles. The van der Waals surface area contributed by atoms with Crippen LogP contribution in [0.4, 0.5) is 4.79 Å². The van der Waals surface area contributed by atoms with Crippen LogP contribution < -0.4 is 4.74 Å². The molecule has 0 bridgehead atoms. The number of hydrogen-bond donors (Lipinski definition) is 0. The minimum atomic E-state index is -0.585. The van der Waals surface area contributed by atoms with Crippen molar-refractivity contribution >= 4 is 27.9 Å². The molecule has 170 valence electrons. The molecule has 2 atom stereocenters. The normalized spacial score (nSPS) is 16.4. The number of carbonyl (C=O) groups excluding carboxylic acids is 2. The molecule has 1 saturated heterocycles. The molecule has 0 unspecified atom stereocenters. The smallest absolute Gasteiger partial charge is 0.417 e. The molecule has 1 fully saturated rings. The number of benzene rings is 3. The first-order valence-corrected chi connectivity index (χ1v) is 11.9. The third-order valence-corrected chi connectivity index (χ3v) is 6.38. The van der Waals surface area contributed by atoms with Crippen molar-refractivity contribution in [2.45, 2.75) is 38.3 Å². The van der Waals surface area contributed by atoms with Crippen LogP contribution in [0.25, 0.3) is 0 Å². The first kappa shape index (κ1) is 23.1. The van der Waals surface area contributed by atoms with Crippen molar-refractivity contribution in [2.24, 2.45) is 0 Å². The molecule has 33 heavy (non-hydrogen) atoms. The first-order chi connectivity index (χ1) is 16.1. The summed E-state index contributed by atoms with van der Waals surface area (Å²) in [7, 11) is 0. The lowest BCUT2D eigenvalue weighted by atomic mass is 9.91. The molecule has 0 spiro atoms. The van der Waals surface area contributed by atoms with Crippen LogP contribution in [-0.4, -0.2) is 23.5 Å². The molecule has 3 aromatic rings. The number of hydrogen-bond acceptors (Lipinski definition) is 4. The van der Waals surface area contributed by atoms with Crippen molar-refractivity contribution in [3.05, 3.63) is 100 Å². The second-order valence-electron chi connectivity index (χ2n) is 8.03. The summed E-state index contributed by atoms with van der Waals surface area (Å²) in [5.74, 6) is 0.392. The minimum Gasteiger partial charge on any atom is -0.489 e. The summed E-state index contributed by atoms with van der Waals surface area (Å²) >= 11 is 3.55. The van der Waals surface area contributed by atoms with E-state index in [4.69, 9.17) is 9.47 Å². The van der Waals surface area contributed by atoms with Gasteiger partial charge in [0.15, 0.2) is 0 Å². The van der Waals surface area contributed by atoms with Crippen molar-refractivity contribution in [2.75, 3.05) is 6.61 Å². The highest BCUT2D eigenvalue weighted by Gasteiger charge is 2.39. The summed E-state index contributed by atoms with van der Waals surface area (Å²) in [6.45, 7) is 2.65. The molecule has 0 aliphatic carbocycles. The lowest BCUT2D eigenvalue weighted by Gasteiger charge is -2.24. The predicted molar refractivity (Wildman–Crippen MR) is 130 cm³/mol. The summed E-state index contributed by atoms with van der Waals surface area (Å²) in [6, 6.07) is 24.9. The Morgan fingerprint density at radius 3 is 2.48 bits per heavy atom. The zero-order valence-electron chi connectivity index (χ0n) is 18.4. The topological polar surface area (TPSA) is 55.8 Å². The number of ether oxygens (including phenoxy) is 2. The van der Waals surface area contributed by atoms with Gasteiger partial charge >= 0.3 is 6.09 Å². The zero-order valence-corrected chi connectivity index (χ0v) is 20.0. The van der Waals surface area contributed by atoms with Crippen LogP contribution in [0.5, 0.6) is 5.75 Å². The van der Waals surface area contributed by atoms with E-state index in [1.165, 1.54) is 4.90 Å². The third kappa shape index (κ3) is 5.45. The first-order valence-electron chi connectivity index (χ1n) is 11.1. The van der Waals surface area contributed by atoms with E-state index in [-0.39, 0.29) is 24.9 Å². The molecular weight excluding hydrogens is 482 g/mol. The molecule has 0 aromatic heterocycles. The second-order valence-corrected chi connectivity index (χ2v) is 8.95. The summed E-state index contributed by atoms with van der Waals surface area (Å²) in [4.78, 5) is 27.0. The second kappa shape index (κ2) is 10.7. The highest BCUT2D eigenvalue weighted by Crippen LogP contribution is 2.36.